The summed E-state index contributed by atoms with van der Waals surface area (Å²) in [6.45, 7) is 13.9. The summed E-state index contributed by atoms with van der Waals surface area (Å²) < 4.78 is 0. The lowest BCUT2D eigenvalue weighted by Gasteiger charge is -2.24. The first-order valence-electron chi connectivity index (χ1n) is 8.95. The topological polar surface area (TPSA) is 50.7 Å². The molecular weight excluding hydrogens is 294 g/mol. The van der Waals surface area contributed by atoms with Crippen molar-refractivity contribution in [3.8, 4) is 0 Å². The van der Waals surface area contributed by atoms with Crippen LogP contribution in [0.5, 0.6) is 0 Å². The summed E-state index contributed by atoms with van der Waals surface area (Å²) in [6.07, 6.45) is 7.76. The average molecular weight is 328 g/mol. The highest BCUT2D eigenvalue weighted by Crippen LogP contribution is 2.29. The largest absolute Gasteiger partial charge is 0.330 e. The third-order valence-electron chi connectivity index (χ3n) is 4.60. The molecule has 2 N–H and O–H groups in total. The lowest BCUT2D eigenvalue weighted by Crippen LogP contribution is -2.16. The first-order valence-corrected chi connectivity index (χ1v) is 8.95. The lowest BCUT2D eigenvalue weighted by atomic mass is 9.80. The van der Waals surface area contributed by atoms with Crippen LogP contribution in [0.2, 0.25) is 0 Å². The van der Waals surface area contributed by atoms with E-state index in [1.54, 1.807) is 6.20 Å². The van der Waals surface area contributed by atoms with Crippen molar-refractivity contribution in [2.24, 2.45) is 15.7 Å². The molecule has 132 valence electrons. The summed E-state index contributed by atoms with van der Waals surface area (Å²) in [6, 6.07) is 6.88. The van der Waals surface area contributed by atoms with Gasteiger partial charge >= 0.3 is 0 Å². The smallest absolute Gasteiger partial charge is 0.0642 e. The molecule has 0 saturated heterocycles. The lowest BCUT2D eigenvalue weighted by molar-refractivity contribution is 0.505. The third-order valence-corrected chi connectivity index (χ3v) is 4.60. The Hall–Kier alpha value is -1.74. The maximum absolute atomic E-state index is 5.61. The van der Waals surface area contributed by atoms with Crippen molar-refractivity contribution in [2.45, 2.75) is 65.3 Å². The fourth-order valence-electron chi connectivity index (χ4n) is 2.61. The van der Waals surface area contributed by atoms with Crippen LogP contribution in [-0.2, 0) is 18.4 Å². The molecule has 0 aliphatic rings. The molecule has 0 bridgehead atoms. The molecule has 1 rings (SSSR count). The second kappa shape index (κ2) is 10.2. The number of hydrogen-bond acceptors (Lipinski definition) is 3. The van der Waals surface area contributed by atoms with Gasteiger partial charge in [0.2, 0.25) is 0 Å². The van der Waals surface area contributed by atoms with Gasteiger partial charge in [-0.2, -0.15) is 0 Å². The third kappa shape index (κ3) is 6.04. The van der Waals surface area contributed by atoms with Gasteiger partial charge in [-0.25, -0.2) is 0 Å². The number of aliphatic imine (C=N–C) groups is 2. The quantitative estimate of drug-likeness (QED) is 0.615. The highest BCUT2D eigenvalue weighted by molar-refractivity contribution is 5.78. The van der Waals surface area contributed by atoms with Crippen molar-refractivity contribution in [3.63, 3.8) is 0 Å². The Morgan fingerprint density at radius 2 is 2.00 bits per heavy atom. The van der Waals surface area contributed by atoms with E-state index in [-0.39, 0.29) is 5.41 Å². The van der Waals surface area contributed by atoms with Crippen LogP contribution in [0.4, 0.5) is 0 Å². The Bertz CT molecular complexity index is 583. The maximum atomic E-state index is 5.61. The van der Waals surface area contributed by atoms with Crippen molar-refractivity contribution < 1.29 is 0 Å². The molecule has 0 radical (unpaired) electrons. The Balaban J connectivity index is 2.98. The van der Waals surface area contributed by atoms with Crippen LogP contribution in [-0.4, -0.2) is 19.5 Å². The first kappa shape index (κ1) is 20.3. The van der Waals surface area contributed by atoms with E-state index in [1.807, 2.05) is 6.21 Å². The van der Waals surface area contributed by atoms with Crippen molar-refractivity contribution in [1.82, 2.24) is 0 Å². The monoisotopic (exact) mass is 327 g/mol. The zero-order chi connectivity index (χ0) is 18.0. The van der Waals surface area contributed by atoms with E-state index in [0.29, 0.717) is 13.1 Å². The van der Waals surface area contributed by atoms with E-state index in [2.05, 4.69) is 62.6 Å². The molecule has 0 aromatic heterocycles. The van der Waals surface area contributed by atoms with Gasteiger partial charge in [-0.05, 0) is 60.2 Å². The predicted octanol–water partition coefficient (Wildman–Crippen LogP) is 4.83. The highest BCUT2D eigenvalue weighted by atomic mass is 14.7. The number of nitrogens with two attached hydrogens (primary N) is 1. The SMILES string of the molecule is C=N/C=C(\C=N/Cc1ccc(C(C)(C)CC)cc1CCC)CCN. The number of aryl methyl sites for hydroxylation is 1. The van der Waals surface area contributed by atoms with Crippen molar-refractivity contribution in [1.29, 1.82) is 0 Å². The van der Waals surface area contributed by atoms with Crippen LogP contribution >= 0.6 is 0 Å². The molecule has 0 atom stereocenters. The van der Waals surface area contributed by atoms with Gasteiger partial charge in [0.15, 0.2) is 0 Å². The molecule has 0 aliphatic carbocycles. The molecule has 1 aromatic rings. The zero-order valence-corrected chi connectivity index (χ0v) is 15.8. The van der Waals surface area contributed by atoms with E-state index in [9.17, 15) is 0 Å². The van der Waals surface area contributed by atoms with Gasteiger partial charge in [-0.15, -0.1) is 0 Å². The minimum atomic E-state index is 0.219. The van der Waals surface area contributed by atoms with Crippen molar-refractivity contribution in [3.05, 3.63) is 46.7 Å². The van der Waals surface area contributed by atoms with Crippen LogP contribution < -0.4 is 5.73 Å². The van der Waals surface area contributed by atoms with Gasteiger partial charge in [-0.1, -0.05) is 52.3 Å². The van der Waals surface area contributed by atoms with Crippen molar-refractivity contribution in [2.75, 3.05) is 6.54 Å². The molecule has 0 unspecified atom stereocenters. The minimum Gasteiger partial charge on any atom is -0.330 e. The van der Waals surface area contributed by atoms with Gasteiger partial charge in [0.1, 0.15) is 0 Å². The highest BCUT2D eigenvalue weighted by Gasteiger charge is 2.18. The van der Waals surface area contributed by atoms with Gasteiger partial charge in [0.05, 0.1) is 6.54 Å². The second-order valence-corrected chi connectivity index (χ2v) is 6.87. The van der Waals surface area contributed by atoms with Crippen LogP contribution in [0.15, 0.2) is 40.0 Å². The summed E-state index contributed by atoms with van der Waals surface area (Å²) in [5, 5.41) is 0. The number of nitrogens with zero attached hydrogens (tertiary/aromatic N) is 2. The van der Waals surface area contributed by atoms with E-state index in [1.165, 1.54) is 16.7 Å². The molecule has 1 aromatic carbocycles. The van der Waals surface area contributed by atoms with E-state index in [0.717, 1.165) is 31.3 Å². The van der Waals surface area contributed by atoms with Crippen LogP contribution in [0, 0.1) is 0 Å². The van der Waals surface area contributed by atoms with Crippen LogP contribution in [0.1, 0.15) is 63.6 Å². The van der Waals surface area contributed by atoms with Gasteiger partial charge in [-0.3, -0.25) is 9.98 Å². The van der Waals surface area contributed by atoms with Crippen LogP contribution in [0.3, 0.4) is 0 Å². The Morgan fingerprint density at radius 1 is 1.25 bits per heavy atom. The first-order chi connectivity index (χ1) is 11.5. The predicted molar refractivity (Wildman–Crippen MR) is 107 cm³/mol. The fourth-order valence-corrected chi connectivity index (χ4v) is 2.61. The van der Waals surface area contributed by atoms with E-state index >= 15 is 0 Å². The zero-order valence-electron chi connectivity index (χ0n) is 15.8. The molecule has 24 heavy (non-hydrogen) atoms. The summed E-state index contributed by atoms with van der Waals surface area (Å²) >= 11 is 0. The molecule has 0 amide bonds. The minimum absolute atomic E-state index is 0.219. The Morgan fingerprint density at radius 3 is 2.58 bits per heavy atom. The average Bonchev–Trinajstić information content (AvgIpc) is 2.56. The second-order valence-electron chi connectivity index (χ2n) is 6.87. The summed E-state index contributed by atoms with van der Waals surface area (Å²) in [5.41, 5.74) is 11.0. The molecule has 3 heteroatoms. The molecule has 0 saturated carbocycles. The number of benzene rings is 1. The normalized spacial score (nSPS) is 12.8. The van der Waals surface area contributed by atoms with E-state index < -0.39 is 0 Å². The van der Waals surface area contributed by atoms with Gasteiger partial charge in [0, 0.05) is 12.4 Å². The summed E-state index contributed by atoms with van der Waals surface area (Å²) in [4.78, 5) is 8.41. The van der Waals surface area contributed by atoms with Crippen LogP contribution in [0.25, 0.3) is 0 Å². The molecular formula is C21H33N3. The molecule has 0 aliphatic heterocycles. The Kier molecular flexibility index (Phi) is 8.62. The maximum Gasteiger partial charge on any atom is 0.0642 e. The summed E-state index contributed by atoms with van der Waals surface area (Å²) in [7, 11) is 0. The molecule has 0 spiro atoms. The van der Waals surface area contributed by atoms with Gasteiger partial charge in [0.25, 0.3) is 0 Å². The number of hydrogen-bond donors (Lipinski definition) is 1. The summed E-state index contributed by atoms with van der Waals surface area (Å²) in [5.74, 6) is 0. The number of rotatable bonds is 10. The molecule has 3 nitrogen and oxygen atoms in total. The standard InChI is InChI=1S/C21H33N3/c1-6-8-18-13-20(21(3,4)7-2)10-9-19(18)16-24-15-17(11-12-22)14-23-5/h9-10,13-15H,5-8,11-12,16,22H2,1-4H3/b17-14-,24-15-. The van der Waals surface area contributed by atoms with Crippen molar-refractivity contribution >= 4 is 12.9 Å². The molecule has 0 heterocycles. The Labute approximate surface area is 147 Å². The van der Waals surface area contributed by atoms with Gasteiger partial charge < -0.3 is 5.73 Å². The van der Waals surface area contributed by atoms with E-state index in [4.69, 9.17) is 5.73 Å². The molecule has 0 fully saturated rings. The fraction of sp³-hybridized carbons (Fsp3) is 0.524.